The molecule has 0 aliphatic heterocycles. The number of hydrogen-bond acceptors (Lipinski definition) is 2. The van der Waals surface area contributed by atoms with Crippen LogP contribution in [0.2, 0.25) is 5.02 Å². The summed E-state index contributed by atoms with van der Waals surface area (Å²) in [6, 6.07) is 7.46. The topological polar surface area (TPSA) is 58.2 Å². The number of amides is 2. The molecular weight excluding hydrogens is 344 g/mol. The van der Waals surface area contributed by atoms with Gasteiger partial charge in [-0.25, -0.2) is 0 Å². The number of hydrogen-bond donors (Lipinski definition) is 2. The molecule has 1 aromatic carbocycles. The first-order chi connectivity index (χ1) is 9.50. The number of benzene rings is 1. The maximum absolute atomic E-state index is 11.9. The van der Waals surface area contributed by atoms with Crippen molar-refractivity contribution in [3.63, 3.8) is 0 Å². The van der Waals surface area contributed by atoms with E-state index in [9.17, 15) is 9.59 Å². The van der Waals surface area contributed by atoms with Gasteiger partial charge in [0.1, 0.15) is 0 Å². The van der Waals surface area contributed by atoms with Crippen LogP contribution < -0.4 is 10.6 Å². The lowest BCUT2D eigenvalue weighted by molar-refractivity contribution is -0.120. The molecule has 0 aliphatic carbocycles. The molecule has 0 heterocycles. The second-order valence-corrected chi connectivity index (χ2v) is 5.90. The normalized spacial score (nSPS) is 11.8. The second kappa shape index (κ2) is 8.97. The third kappa shape index (κ3) is 6.39. The fourth-order valence-corrected chi connectivity index (χ4v) is 2.35. The fourth-order valence-electron chi connectivity index (χ4n) is 1.62. The van der Waals surface area contributed by atoms with E-state index in [1.165, 1.54) is 6.92 Å². The molecule has 4 nitrogen and oxygen atoms in total. The molecule has 1 aromatic rings. The lowest BCUT2D eigenvalue weighted by Gasteiger charge is -2.12. The van der Waals surface area contributed by atoms with Gasteiger partial charge in [-0.3, -0.25) is 9.59 Å². The van der Waals surface area contributed by atoms with Gasteiger partial charge in [0.25, 0.3) is 0 Å². The largest absolute Gasteiger partial charge is 0.356 e. The molecule has 0 saturated heterocycles. The molecule has 2 amide bonds. The molecule has 1 atom stereocenters. The summed E-state index contributed by atoms with van der Waals surface area (Å²) in [6.45, 7) is 2.56. The summed E-state index contributed by atoms with van der Waals surface area (Å²) in [5.41, 5.74) is 0.935. The average molecular weight is 362 g/mol. The molecule has 1 unspecified atom stereocenters. The van der Waals surface area contributed by atoms with E-state index < -0.39 is 0 Å². The van der Waals surface area contributed by atoms with Crippen molar-refractivity contribution in [1.29, 1.82) is 0 Å². The van der Waals surface area contributed by atoms with Crippen molar-refractivity contribution in [3.8, 4) is 0 Å². The first kappa shape index (κ1) is 17.0. The van der Waals surface area contributed by atoms with E-state index in [-0.39, 0.29) is 16.6 Å². The van der Waals surface area contributed by atoms with Gasteiger partial charge in [0.05, 0.1) is 4.83 Å². The van der Waals surface area contributed by atoms with E-state index in [1.54, 1.807) is 0 Å². The highest BCUT2D eigenvalue weighted by atomic mass is 79.9. The summed E-state index contributed by atoms with van der Waals surface area (Å²) in [5.74, 6) is -0.138. The summed E-state index contributed by atoms with van der Waals surface area (Å²) < 4.78 is 0. The van der Waals surface area contributed by atoms with Crippen LogP contribution in [0.25, 0.3) is 0 Å². The number of rotatable bonds is 7. The van der Waals surface area contributed by atoms with Crippen molar-refractivity contribution in [1.82, 2.24) is 10.6 Å². The lowest BCUT2D eigenvalue weighted by Crippen LogP contribution is -2.34. The summed E-state index contributed by atoms with van der Waals surface area (Å²) in [7, 11) is 0. The highest BCUT2D eigenvalue weighted by Crippen LogP contribution is 2.19. The van der Waals surface area contributed by atoms with E-state index >= 15 is 0 Å². The van der Waals surface area contributed by atoms with Crippen molar-refractivity contribution in [2.24, 2.45) is 0 Å². The fraction of sp³-hybridized carbons (Fsp3) is 0.429. The number of nitrogens with one attached hydrogen (secondary N) is 2. The van der Waals surface area contributed by atoms with Crippen molar-refractivity contribution in [2.75, 3.05) is 13.1 Å². The van der Waals surface area contributed by atoms with Gasteiger partial charge in [0, 0.05) is 25.0 Å². The molecule has 0 bridgehead atoms. The predicted molar refractivity (Wildman–Crippen MR) is 84.2 cm³/mol. The van der Waals surface area contributed by atoms with Gasteiger partial charge >= 0.3 is 0 Å². The monoisotopic (exact) mass is 360 g/mol. The van der Waals surface area contributed by atoms with Gasteiger partial charge in [0.15, 0.2) is 0 Å². The summed E-state index contributed by atoms with van der Waals surface area (Å²) in [5, 5.41) is 6.15. The Labute approximate surface area is 132 Å². The predicted octanol–water partition coefficient (Wildman–Crippen LogP) is 2.29. The van der Waals surface area contributed by atoms with E-state index in [0.29, 0.717) is 31.0 Å². The Morgan fingerprint density at radius 3 is 2.55 bits per heavy atom. The second-order valence-electron chi connectivity index (χ2n) is 4.39. The minimum absolute atomic E-state index is 0.0617. The molecule has 6 heteroatoms. The standard InChI is InChI=1S/C14H18BrClN2O2/c1-10(19)17-7-4-8-18-14(20)12(15)9-11-5-2-3-6-13(11)16/h2-3,5-6,12H,4,7-9H2,1H3,(H,17,19)(H,18,20). The summed E-state index contributed by atoms with van der Waals surface area (Å²) >= 11 is 9.42. The van der Waals surface area contributed by atoms with Crippen molar-refractivity contribution in [3.05, 3.63) is 34.9 Å². The van der Waals surface area contributed by atoms with E-state index in [4.69, 9.17) is 11.6 Å². The number of carbonyl (C=O) groups is 2. The molecule has 0 radical (unpaired) electrons. The van der Waals surface area contributed by atoms with Crippen LogP contribution in [0.4, 0.5) is 0 Å². The molecule has 0 aromatic heterocycles. The molecule has 20 heavy (non-hydrogen) atoms. The van der Waals surface area contributed by atoms with E-state index in [1.807, 2.05) is 24.3 Å². The maximum atomic E-state index is 11.9. The lowest BCUT2D eigenvalue weighted by atomic mass is 10.1. The Balaban J connectivity index is 2.29. The number of alkyl halides is 1. The molecule has 110 valence electrons. The molecule has 0 spiro atoms. The Morgan fingerprint density at radius 1 is 1.25 bits per heavy atom. The number of halogens is 2. The Hall–Kier alpha value is -1.07. The molecule has 2 N–H and O–H groups in total. The summed E-state index contributed by atoms with van der Waals surface area (Å²) in [4.78, 5) is 22.2. The third-order valence-corrected chi connectivity index (χ3v) is 3.78. The van der Waals surface area contributed by atoms with Crippen LogP contribution in [-0.4, -0.2) is 29.7 Å². The highest BCUT2D eigenvalue weighted by molar-refractivity contribution is 9.10. The van der Waals surface area contributed by atoms with Crippen LogP contribution in [0.5, 0.6) is 0 Å². The quantitative estimate of drug-likeness (QED) is 0.578. The molecule has 0 aliphatic rings. The molecule has 1 rings (SSSR count). The molecule has 0 fully saturated rings. The Kier molecular flexibility index (Phi) is 7.62. The van der Waals surface area contributed by atoms with Crippen LogP contribution in [0.15, 0.2) is 24.3 Å². The Morgan fingerprint density at radius 2 is 1.90 bits per heavy atom. The zero-order valence-corrected chi connectivity index (χ0v) is 13.6. The SMILES string of the molecule is CC(=O)NCCCNC(=O)C(Br)Cc1ccccc1Cl. The third-order valence-electron chi connectivity index (χ3n) is 2.67. The van der Waals surface area contributed by atoms with E-state index in [2.05, 4.69) is 26.6 Å². The van der Waals surface area contributed by atoms with Crippen LogP contribution in [0, 0.1) is 0 Å². The van der Waals surface area contributed by atoms with Crippen LogP contribution in [-0.2, 0) is 16.0 Å². The zero-order valence-electron chi connectivity index (χ0n) is 11.3. The van der Waals surface area contributed by atoms with Gasteiger partial charge < -0.3 is 10.6 Å². The Bertz CT molecular complexity index is 468. The van der Waals surface area contributed by atoms with Crippen molar-refractivity contribution in [2.45, 2.75) is 24.6 Å². The zero-order chi connectivity index (χ0) is 15.0. The van der Waals surface area contributed by atoms with Crippen LogP contribution in [0.1, 0.15) is 18.9 Å². The average Bonchev–Trinajstić information content (AvgIpc) is 2.40. The molecular formula is C14H18BrClN2O2. The highest BCUT2D eigenvalue weighted by Gasteiger charge is 2.16. The van der Waals surface area contributed by atoms with Gasteiger partial charge in [-0.05, 0) is 24.5 Å². The maximum Gasteiger partial charge on any atom is 0.234 e. The van der Waals surface area contributed by atoms with Gasteiger partial charge in [-0.1, -0.05) is 45.7 Å². The van der Waals surface area contributed by atoms with E-state index in [0.717, 1.165) is 5.56 Å². The minimum Gasteiger partial charge on any atom is -0.356 e. The number of carbonyl (C=O) groups excluding carboxylic acids is 2. The van der Waals surface area contributed by atoms with Gasteiger partial charge in [0.2, 0.25) is 11.8 Å². The first-order valence-corrected chi connectivity index (χ1v) is 7.69. The molecule has 0 saturated carbocycles. The smallest absolute Gasteiger partial charge is 0.234 e. The van der Waals surface area contributed by atoms with Crippen molar-refractivity contribution < 1.29 is 9.59 Å². The summed E-state index contributed by atoms with van der Waals surface area (Å²) in [6.07, 6.45) is 1.24. The first-order valence-electron chi connectivity index (χ1n) is 6.40. The van der Waals surface area contributed by atoms with Crippen LogP contribution >= 0.6 is 27.5 Å². The van der Waals surface area contributed by atoms with Gasteiger partial charge in [-0.2, -0.15) is 0 Å². The minimum atomic E-state index is -0.317. The van der Waals surface area contributed by atoms with Gasteiger partial charge in [-0.15, -0.1) is 0 Å². The van der Waals surface area contributed by atoms with Crippen LogP contribution in [0.3, 0.4) is 0 Å². The van der Waals surface area contributed by atoms with Crippen molar-refractivity contribution >= 4 is 39.3 Å².